The predicted molar refractivity (Wildman–Crippen MR) is 147 cm³/mol. The van der Waals surface area contributed by atoms with E-state index in [9.17, 15) is 14.0 Å². The number of carbonyl (C=O) groups excluding carboxylic acids is 2. The molecular formula is C29H29ClFN5O3. The van der Waals surface area contributed by atoms with E-state index in [2.05, 4.69) is 15.0 Å². The Bertz CT molecular complexity index is 1630. The number of aryl methyl sites for hydroxylation is 1. The molecular weight excluding hydrogens is 521 g/mol. The molecule has 1 aliphatic rings. The van der Waals surface area contributed by atoms with E-state index in [0.29, 0.717) is 33.9 Å². The summed E-state index contributed by atoms with van der Waals surface area (Å²) < 4.78 is 20.4. The normalized spacial score (nSPS) is 15.7. The molecule has 0 spiro atoms. The Hall–Kier alpha value is -3.85. The van der Waals surface area contributed by atoms with Gasteiger partial charge in [-0.05, 0) is 44.4 Å². The average molecular weight is 550 g/mol. The molecule has 1 aromatic carbocycles. The minimum absolute atomic E-state index is 0.0266. The third-order valence-electron chi connectivity index (χ3n) is 6.97. The lowest BCUT2D eigenvalue weighted by Crippen LogP contribution is -2.65. The maximum absolute atomic E-state index is 14.2. The monoisotopic (exact) mass is 549 g/mol. The van der Waals surface area contributed by atoms with Gasteiger partial charge in [-0.25, -0.2) is 14.4 Å². The molecule has 4 aromatic rings. The van der Waals surface area contributed by atoms with Crippen LogP contribution in [0.5, 0.6) is 0 Å². The van der Waals surface area contributed by atoms with Crippen LogP contribution >= 0.6 is 11.6 Å². The number of hydrogen-bond donors (Lipinski definition) is 0. The number of furan rings is 1. The van der Waals surface area contributed by atoms with E-state index in [1.54, 1.807) is 43.3 Å². The van der Waals surface area contributed by atoms with Crippen LogP contribution in [0.1, 0.15) is 56.4 Å². The molecule has 0 aliphatic carbocycles. The first-order valence-electron chi connectivity index (χ1n) is 12.6. The largest absolute Gasteiger partial charge is 0.449 e. The van der Waals surface area contributed by atoms with Crippen LogP contribution in [0.3, 0.4) is 0 Å². The zero-order valence-electron chi connectivity index (χ0n) is 22.7. The molecule has 8 nitrogen and oxygen atoms in total. The molecule has 1 fully saturated rings. The smallest absolute Gasteiger partial charge is 0.290 e. The van der Waals surface area contributed by atoms with Crippen molar-refractivity contribution in [3.05, 3.63) is 70.6 Å². The van der Waals surface area contributed by atoms with Crippen molar-refractivity contribution in [1.82, 2.24) is 19.9 Å². The third kappa shape index (κ3) is 4.76. The Morgan fingerprint density at radius 1 is 1.10 bits per heavy atom. The first-order chi connectivity index (χ1) is 18.3. The summed E-state index contributed by atoms with van der Waals surface area (Å²) in [6.45, 7) is 11.8. The molecule has 39 heavy (non-hydrogen) atoms. The molecule has 5 rings (SSSR count). The van der Waals surface area contributed by atoms with E-state index in [1.165, 1.54) is 17.0 Å². The second kappa shape index (κ2) is 9.41. The first-order valence-corrected chi connectivity index (χ1v) is 13.0. The summed E-state index contributed by atoms with van der Waals surface area (Å²) in [5.74, 6) is -0.695. The Labute approximate surface area is 230 Å². The molecule has 202 valence electrons. The second-order valence-electron chi connectivity index (χ2n) is 11.3. The van der Waals surface area contributed by atoms with Gasteiger partial charge in [-0.15, -0.1) is 0 Å². The van der Waals surface area contributed by atoms with Crippen molar-refractivity contribution in [3.8, 4) is 11.3 Å². The molecule has 0 unspecified atom stereocenters. The van der Waals surface area contributed by atoms with E-state index >= 15 is 0 Å². The van der Waals surface area contributed by atoms with Gasteiger partial charge in [-0.3, -0.25) is 19.5 Å². The van der Waals surface area contributed by atoms with Gasteiger partial charge in [-0.1, -0.05) is 38.4 Å². The number of amides is 2. The highest BCUT2D eigenvalue weighted by Gasteiger charge is 2.46. The summed E-state index contributed by atoms with van der Waals surface area (Å²) in [4.78, 5) is 43.6. The average Bonchev–Trinajstić information content (AvgIpc) is 3.30. The fourth-order valence-electron chi connectivity index (χ4n) is 4.80. The lowest BCUT2D eigenvalue weighted by Gasteiger charge is -2.45. The van der Waals surface area contributed by atoms with Gasteiger partial charge in [0.25, 0.3) is 11.8 Å². The molecule has 3 aromatic heterocycles. The van der Waals surface area contributed by atoms with Crippen molar-refractivity contribution in [2.75, 3.05) is 18.0 Å². The van der Waals surface area contributed by atoms with Gasteiger partial charge in [0, 0.05) is 36.5 Å². The van der Waals surface area contributed by atoms with E-state index in [4.69, 9.17) is 16.0 Å². The van der Waals surface area contributed by atoms with E-state index in [-0.39, 0.29) is 35.2 Å². The van der Waals surface area contributed by atoms with Crippen LogP contribution in [0.25, 0.3) is 22.4 Å². The summed E-state index contributed by atoms with van der Waals surface area (Å²) in [6.07, 6.45) is 3.16. The molecule has 1 aliphatic heterocycles. The molecule has 1 saturated heterocycles. The topological polar surface area (TPSA) is 92.4 Å². The Morgan fingerprint density at radius 2 is 1.85 bits per heavy atom. The highest BCUT2D eigenvalue weighted by Crippen LogP contribution is 2.36. The number of carbonyl (C=O) groups is 2. The quantitative estimate of drug-likeness (QED) is 0.313. The zero-order chi connectivity index (χ0) is 28.3. The van der Waals surface area contributed by atoms with Crippen LogP contribution in [0.15, 0.2) is 47.1 Å². The van der Waals surface area contributed by atoms with Gasteiger partial charge in [0.2, 0.25) is 0 Å². The standard InChI is InChI=1S/C29H29ClFN5O3/c1-16-14-32-15-24(33-16)35-9-10-36(29(5,6)27(35)38)26(37)23-13-22-25(39-23)18(28(2,3)4)12-21(34-22)17-7-8-19(30)20(31)11-17/h7-8,11-15H,9-10H2,1-6H3. The Balaban J connectivity index is 1.53. The molecule has 0 saturated carbocycles. The van der Waals surface area contributed by atoms with Crippen molar-refractivity contribution >= 4 is 40.3 Å². The fraction of sp³-hybridized carbons (Fsp3) is 0.345. The highest BCUT2D eigenvalue weighted by molar-refractivity contribution is 6.30. The lowest BCUT2D eigenvalue weighted by molar-refractivity contribution is -0.129. The third-order valence-corrected chi connectivity index (χ3v) is 7.27. The second-order valence-corrected chi connectivity index (χ2v) is 11.7. The van der Waals surface area contributed by atoms with Gasteiger partial charge >= 0.3 is 0 Å². The predicted octanol–water partition coefficient (Wildman–Crippen LogP) is 5.95. The number of hydrogen-bond acceptors (Lipinski definition) is 6. The minimum atomic E-state index is -1.16. The number of pyridine rings is 1. The molecule has 0 atom stereocenters. The fourth-order valence-corrected chi connectivity index (χ4v) is 4.92. The van der Waals surface area contributed by atoms with Gasteiger partial charge in [0.1, 0.15) is 16.9 Å². The van der Waals surface area contributed by atoms with Gasteiger partial charge in [-0.2, -0.15) is 0 Å². The van der Waals surface area contributed by atoms with Crippen LogP contribution < -0.4 is 4.90 Å². The number of nitrogens with zero attached hydrogens (tertiary/aromatic N) is 5. The Morgan fingerprint density at radius 3 is 2.51 bits per heavy atom. The highest BCUT2D eigenvalue weighted by atomic mass is 35.5. The van der Waals surface area contributed by atoms with Gasteiger partial charge in [0.05, 0.1) is 22.6 Å². The van der Waals surface area contributed by atoms with Crippen molar-refractivity contribution in [2.45, 2.75) is 52.5 Å². The van der Waals surface area contributed by atoms with Crippen molar-refractivity contribution in [2.24, 2.45) is 0 Å². The number of benzene rings is 1. The van der Waals surface area contributed by atoms with Crippen molar-refractivity contribution < 1.29 is 18.4 Å². The first kappa shape index (κ1) is 26.7. The van der Waals surface area contributed by atoms with Gasteiger partial charge in [0.15, 0.2) is 17.2 Å². The summed E-state index contributed by atoms with van der Waals surface area (Å²) in [5, 5.41) is 0.0266. The Kier molecular flexibility index (Phi) is 6.45. The number of halogens is 2. The molecule has 0 radical (unpaired) electrons. The maximum atomic E-state index is 14.2. The SMILES string of the molecule is Cc1cncc(N2CCN(C(=O)c3cc4nc(-c5ccc(Cl)c(F)c5)cc(C(C)(C)C)c4o3)C(C)(C)C2=O)n1. The minimum Gasteiger partial charge on any atom is -0.449 e. The van der Waals surface area contributed by atoms with E-state index < -0.39 is 17.3 Å². The summed E-state index contributed by atoms with van der Waals surface area (Å²) in [6, 6.07) is 7.95. The van der Waals surface area contributed by atoms with Crippen molar-refractivity contribution in [3.63, 3.8) is 0 Å². The lowest BCUT2D eigenvalue weighted by atomic mass is 9.86. The summed E-state index contributed by atoms with van der Waals surface area (Å²) >= 11 is 5.88. The number of piperazine rings is 1. The van der Waals surface area contributed by atoms with E-state index in [0.717, 1.165) is 5.56 Å². The van der Waals surface area contributed by atoms with Crippen LogP contribution in [-0.2, 0) is 10.2 Å². The molecule has 4 heterocycles. The molecule has 10 heteroatoms. The number of aromatic nitrogens is 3. The summed E-state index contributed by atoms with van der Waals surface area (Å²) in [7, 11) is 0. The van der Waals surface area contributed by atoms with Crippen LogP contribution in [0.4, 0.5) is 10.2 Å². The maximum Gasteiger partial charge on any atom is 0.290 e. The number of rotatable bonds is 3. The van der Waals surface area contributed by atoms with Crippen LogP contribution in [-0.4, -0.2) is 50.3 Å². The summed E-state index contributed by atoms with van der Waals surface area (Å²) in [5.41, 5.74) is 2.01. The van der Waals surface area contributed by atoms with Gasteiger partial charge < -0.3 is 9.32 Å². The zero-order valence-corrected chi connectivity index (χ0v) is 23.4. The van der Waals surface area contributed by atoms with Crippen molar-refractivity contribution in [1.29, 1.82) is 0 Å². The molecule has 2 amide bonds. The number of anilines is 1. The van der Waals surface area contributed by atoms with Crippen LogP contribution in [0, 0.1) is 12.7 Å². The number of fused-ring (bicyclic) bond motifs is 1. The van der Waals surface area contributed by atoms with Crippen LogP contribution in [0.2, 0.25) is 5.02 Å². The van der Waals surface area contributed by atoms with E-state index in [1.807, 2.05) is 33.8 Å². The molecule has 0 N–H and O–H groups in total. The molecule has 0 bridgehead atoms.